The Kier molecular flexibility index (Phi) is 6.36. The first-order chi connectivity index (χ1) is 8.62. The van der Waals surface area contributed by atoms with Gasteiger partial charge in [0.2, 0.25) is 0 Å². The molecule has 2 atom stereocenters. The molecule has 0 amide bonds. The van der Waals surface area contributed by atoms with Gasteiger partial charge in [0, 0.05) is 13.2 Å². The Morgan fingerprint density at radius 3 is 3.00 bits per heavy atom. The normalized spacial score (nSPS) is 22.4. The van der Waals surface area contributed by atoms with Gasteiger partial charge < -0.3 is 9.47 Å². The van der Waals surface area contributed by atoms with Gasteiger partial charge in [0.15, 0.2) is 0 Å². The maximum atomic E-state index is 12.0. The molecule has 1 aliphatic rings. The molecule has 1 N–H and O–H groups in total. The summed E-state index contributed by atoms with van der Waals surface area (Å²) in [7, 11) is 0. The monoisotopic (exact) mass is 255 g/mol. The van der Waals surface area contributed by atoms with Gasteiger partial charge in [-0.25, -0.2) is 0 Å². The van der Waals surface area contributed by atoms with Crippen LogP contribution in [0.3, 0.4) is 0 Å². The first kappa shape index (κ1) is 15.2. The molecule has 1 fully saturated rings. The second-order valence-corrected chi connectivity index (χ2v) is 4.90. The van der Waals surface area contributed by atoms with Crippen LogP contribution in [0.2, 0.25) is 0 Å². The molecular formula is C14H25NO3. The molecule has 0 spiro atoms. The van der Waals surface area contributed by atoms with Gasteiger partial charge in [-0.1, -0.05) is 6.08 Å². The standard InChI is InChI=1S/C14H25NO3/c1-4-6-9-14(3,13(16)17-5-2)15-11-12-8-7-10-18-12/h4,12,15H,1,5-11H2,2-3H3. The van der Waals surface area contributed by atoms with Crippen molar-refractivity contribution in [1.82, 2.24) is 5.32 Å². The fourth-order valence-corrected chi connectivity index (χ4v) is 2.09. The van der Waals surface area contributed by atoms with Crippen molar-refractivity contribution in [3.05, 3.63) is 12.7 Å². The van der Waals surface area contributed by atoms with Crippen LogP contribution in [0, 0.1) is 0 Å². The Morgan fingerprint density at radius 1 is 1.67 bits per heavy atom. The number of hydrogen-bond donors (Lipinski definition) is 1. The lowest BCUT2D eigenvalue weighted by Crippen LogP contribution is -2.52. The van der Waals surface area contributed by atoms with E-state index in [-0.39, 0.29) is 12.1 Å². The molecular weight excluding hydrogens is 230 g/mol. The average molecular weight is 255 g/mol. The number of rotatable bonds is 8. The zero-order valence-electron chi connectivity index (χ0n) is 11.5. The molecule has 18 heavy (non-hydrogen) atoms. The molecule has 1 heterocycles. The molecule has 4 heteroatoms. The lowest BCUT2D eigenvalue weighted by atomic mass is 9.95. The summed E-state index contributed by atoms with van der Waals surface area (Å²) in [5, 5.41) is 3.31. The van der Waals surface area contributed by atoms with Crippen LogP contribution >= 0.6 is 0 Å². The highest BCUT2D eigenvalue weighted by molar-refractivity contribution is 5.80. The van der Waals surface area contributed by atoms with E-state index in [9.17, 15) is 4.79 Å². The third-order valence-electron chi connectivity index (χ3n) is 3.32. The van der Waals surface area contributed by atoms with Crippen molar-refractivity contribution in [2.24, 2.45) is 0 Å². The van der Waals surface area contributed by atoms with Crippen LogP contribution in [-0.4, -0.2) is 37.4 Å². The van der Waals surface area contributed by atoms with Crippen molar-refractivity contribution in [3.8, 4) is 0 Å². The van der Waals surface area contributed by atoms with E-state index in [1.807, 2.05) is 19.9 Å². The van der Waals surface area contributed by atoms with Gasteiger partial charge in [-0.15, -0.1) is 6.58 Å². The molecule has 104 valence electrons. The van der Waals surface area contributed by atoms with Crippen LogP contribution in [0.1, 0.15) is 39.5 Å². The summed E-state index contributed by atoms with van der Waals surface area (Å²) in [6.07, 6.45) is 5.70. The number of esters is 1. The summed E-state index contributed by atoms with van der Waals surface area (Å²) in [4.78, 5) is 12.0. The Morgan fingerprint density at radius 2 is 2.44 bits per heavy atom. The summed E-state index contributed by atoms with van der Waals surface area (Å²) in [5.74, 6) is -0.190. The van der Waals surface area contributed by atoms with Crippen LogP contribution in [0.15, 0.2) is 12.7 Å². The van der Waals surface area contributed by atoms with E-state index in [0.29, 0.717) is 19.6 Å². The quantitative estimate of drug-likeness (QED) is 0.532. The van der Waals surface area contributed by atoms with Crippen molar-refractivity contribution < 1.29 is 14.3 Å². The van der Waals surface area contributed by atoms with E-state index in [4.69, 9.17) is 9.47 Å². The lowest BCUT2D eigenvalue weighted by Gasteiger charge is -2.29. The number of nitrogens with one attached hydrogen (secondary N) is 1. The number of allylic oxidation sites excluding steroid dienone is 1. The SMILES string of the molecule is C=CCCC(C)(NCC1CCCO1)C(=O)OCC. The summed E-state index contributed by atoms with van der Waals surface area (Å²) >= 11 is 0. The van der Waals surface area contributed by atoms with Crippen LogP contribution in [0.4, 0.5) is 0 Å². The molecule has 1 saturated heterocycles. The van der Waals surface area contributed by atoms with E-state index >= 15 is 0 Å². The molecule has 0 aliphatic carbocycles. The highest BCUT2D eigenvalue weighted by atomic mass is 16.5. The van der Waals surface area contributed by atoms with Gasteiger partial charge in [0.1, 0.15) is 5.54 Å². The summed E-state index contributed by atoms with van der Waals surface area (Å²) in [5.41, 5.74) is -0.643. The number of carbonyl (C=O) groups excluding carboxylic acids is 1. The van der Waals surface area contributed by atoms with Gasteiger partial charge in [-0.2, -0.15) is 0 Å². The van der Waals surface area contributed by atoms with Crippen molar-refractivity contribution in [3.63, 3.8) is 0 Å². The number of ether oxygens (including phenoxy) is 2. The van der Waals surface area contributed by atoms with Gasteiger partial charge in [-0.05, 0) is 39.5 Å². The number of hydrogen-bond acceptors (Lipinski definition) is 4. The molecule has 0 bridgehead atoms. The Labute approximate surface area is 110 Å². The maximum Gasteiger partial charge on any atom is 0.326 e. The first-order valence-corrected chi connectivity index (χ1v) is 6.77. The van der Waals surface area contributed by atoms with Crippen molar-refractivity contribution in [2.45, 2.75) is 51.2 Å². The molecule has 1 aliphatic heterocycles. The molecule has 2 unspecified atom stereocenters. The third kappa shape index (κ3) is 4.42. The summed E-state index contributed by atoms with van der Waals surface area (Å²) in [6.45, 7) is 9.36. The second-order valence-electron chi connectivity index (χ2n) is 4.90. The molecule has 0 aromatic rings. The predicted octanol–water partition coefficient (Wildman–Crippen LogP) is 2.04. The van der Waals surface area contributed by atoms with Crippen LogP contribution in [-0.2, 0) is 14.3 Å². The Bertz CT molecular complexity index is 274. The molecule has 0 saturated carbocycles. The molecule has 4 nitrogen and oxygen atoms in total. The minimum absolute atomic E-state index is 0.190. The van der Waals surface area contributed by atoms with E-state index in [2.05, 4.69) is 11.9 Å². The largest absolute Gasteiger partial charge is 0.465 e. The lowest BCUT2D eigenvalue weighted by molar-refractivity contribution is -0.151. The Hall–Kier alpha value is -0.870. The van der Waals surface area contributed by atoms with Crippen LogP contribution in [0.5, 0.6) is 0 Å². The van der Waals surface area contributed by atoms with E-state index in [1.54, 1.807) is 0 Å². The van der Waals surface area contributed by atoms with E-state index < -0.39 is 5.54 Å². The van der Waals surface area contributed by atoms with E-state index in [1.165, 1.54) is 0 Å². The van der Waals surface area contributed by atoms with Crippen LogP contribution < -0.4 is 5.32 Å². The minimum Gasteiger partial charge on any atom is -0.465 e. The number of carbonyl (C=O) groups is 1. The van der Waals surface area contributed by atoms with E-state index in [0.717, 1.165) is 25.9 Å². The smallest absolute Gasteiger partial charge is 0.326 e. The highest BCUT2D eigenvalue weighted by Crippen LogP contribution is 2.17. The third-order valence-corrected chi connectivity index (χ3v) is 3.32. The molecule has 0 aromatic heterocycles. The highest BCUT2D eigenvalue weighted by Gasteiger charge is 2.34. The van der Waals surface area contributed by atoms with Gasteiger partial charge in [0.05, 0.1) is 12.7 Å². The summed E-state index contributed by atoms with van der Waals surface area (Å²) < 4.78 is 10.7. The zero-order valence-corrected chi connectivity index (χ0v) is 11.5. The van der Waals surface area contributed by atoms with Crippen LogP contribution in [0.25, 0.3) is 0 Å². The summed E-state index contributed by atoms with van der Waals surface area (Å²) in [6, 6.07) is 0. The Balaban J connectivity index is 2.51. The molecule has 1 rings (SSSR count). The van der Waals surface area contributed by atoms with Gasteiger partial charge >= 0.3 is 5.97 Å². The minimum atomic E-state index is -0.643. The maximum absolute atomic E-state index is 12.0. The molecule has 0 aromatic carbocycles. The zero-order chi connectivity index (χ0) is 13.4. The molecule has 0 radical (unpaired) electrons. The first-order valence-electron chi connectivity index (χ1n) is 6.77. The van der Waals surface area contributed by atoms with Gasteiger partial charge in [-0.3, -0.25) is 10.1 Å². The predicted molar refractivity (Wildman–Crippen MR) is 71.4 cm³/mol. The average Bonchev–Trinajstić information content (AvgIpc) is 2.87. The van der Waals surface area contributed by atoms with Crippen molar-refractivity contribution in [1.29, 1.82) is 0 Å². The fraction of sp³-hybridized carbons (Fsp3) is 0.786. The topological polar surface area (TPSA) is 47.6 Å². The van der Waals surface area contributed by atoms with Crippen molar-refractivity contribution in [2.75, 3.05) is 19.8 Å². The fourth-order valence-electron chi connectivity index (χ4n) is 2.09. The van der Waals surface area contributed by atoms with Gasteiger partial charge in [0.25, 0.3) is 0 Å². The second kappa shape index (κ2) is 7.54. The van der Waals surface area contributed by atoms with Crippen molar-refractivity contribution >= 4 is 5.97 Å².